The van der Waals surface area contributed by atoms with E-state index in [2.05, 4.69) is 9.88 Å². The Hall–Kier alpha value is -2.07. The van der Waals surface area contributed by atoms with Crippen molar-refractivity contribution >= 4 is 26.3 Å². The number of fused-ring (bicyclic) bond motifs is 1. The number of benzene rings is 1. The first-order valence-electron chi connectivity index (χ1n) is 9.52. The minimum Gasteiger partial charge on any atom is -0.295 e. The SMILES string of the molecule is Cc1cc(C)c(S(=O)(=O)N2CCN(Cc3cc(=O)n4ccsc4n3)CC2)c(C)c1. The summed E-state index contributed by atoms with van der Waals surface area (Å²) in [5.41, 5.74) is 3.28. The summed E-state index contributed by atoms with van der Waals surface area (Å²) in [7, 11) is -3.53. The van der Waals surface area contributed by atoms with Crippen LogP contribution < -0.4 is 5.56 Å². The highest BCUT2D eigenvalue weighted by Crippen LogP contribution is 2.26. The molecule has 0 radical (unpaired) electrons. The van der Waals surface area contributed by atoms with E-state index in [9.17, 15) is 13.2 Å². The third-order valence-corrected chi connectivity index (χ3v) is 8.24. The summed E-state index contributed by atoms with van der Waals surface area (Å²) in [6.45, 7) is 8.29. The molecule has 29 heavy (non-hydrogen) atoms. The Balaban J connectivity index is 1.48. The van der Waals surface area contributed by atoms with Gasteiger partial charge in [-0.3, -0.25) is 14.1 Å². The number of hydrogen-bond acceptors (Lipinski definition) is 6. The second kappa shape index (κ2) is 7.64. The average Bonchev–Trinajstić information content (AvgIpc) is 3.10. The van der Waals surface area contributed by atoms with Gasteiger partial charge in [0, 0.05) is 50.4 Å². The lowest BCUT2D eigenvalue weighted by Gasteiger charge is -2.34. The standard InChI is InChI=1S/C20H24N4O3S2/c1-14-10-15(2)19(16(3)11-14)29(26,27)23-6-4-22(5-7-23)13-17-12-18(25)24-8-9-28-20(24)21-17/h8-12H,4-7,13H2,1-3H3. The molecule has 0 atom stereocenters. The zero-order chi connectivity index (χ0) is 20.8. The average molecular weight is 433 g/mol. The first kappa shape index (κ1) is 20.2. The summed E-state index contributed by atoms with van der Waals surface area (Å²) in [5, 5.41) is 1.84. The molecule has 0 aliphatic carbocycles. The molecule has 0 saturated carbocycles. The zero-order valence-corrected chi connectivity index (χ0v) is 18.4. The van der Waals surface area contributed by atoms with E-state index in [1.807, 2.05) is 38.3 Å². The molecule has 1 fully saturated rings. The summed E-state index contributed by atoms with van der Waals surface area (Å²) < 4.78 is 29.5. The quantitative estimate of drug-likeness (QED) is 0.632. The predicted octanol–water partition coefficient (Wildman–Crippen LogP) is 2.19. The highest BCUT2D eigenvalue weighted by atomic mass is 32.2. The maximum absolute atomic E-state index is 13.2. The molecule has 1 aliphatic heterocycles. The van der Waals surface area contributed by atoms with E-state index in [4.69, 9.17) is 0 Å². The van der Waals surface area contributed by atoms with Crippen LogP contribution in [0.25, 0.3) is 4.96 Å². The molecule has 4 rings (SSSR count). The highest BCUT2D eigenvalue weighted by Gasteiger charge is 2.31. The van der Waals surface area contributed by atoms with Gasteiger partial charge >= 0.3 is 0 Å². The molecule has 2 aromatic heterocycles. The van der Waals surface area contributed by atoms with E-state index in [1.165, 1.54) is 15.7 Å². The molecule has 7 nitrogen and oxygen atoms in total. The summed E-state index contributed by atoms with van der Waals surface area (Å²) in [6.07, 6.45) is 1.72. The topological polar surface area (TPSA) is 75.0 Å². The molecular formula is C20H24N4O3S2. The molecule has 1 aliphatic rings. The van der Waals surface area contributed by atoms with Crippen LogP contribution in [0.15, 0.2) is 39.5 Å². The van der Waals surface area contributed by atoms with E-state index in [0.29, 0.717) is 42.6 Å². The summed E-state index contributed by atoms with van der Waals surface area (Å²) in [4.78, 5) is 19.9. The molecule has 3 heterocycles. The fraction of sp³-hybridized carbons (Fsp3) is 0.400. The summed E-state index contributed by atoms with van der Waals surface area (Å²) in [5.74, 6) is 0. The minimum atomic E-state index is -3.53. The Kier molecular flexibility index (Phi) is 5.32. The Bertz CT molecular complexity index is 1200. The van der Waals surface area contributed by atoms with Gasteiger partial charge in [-0.1, -0.05) is 17.7 Å². The molecule has 0 spiro atoms. The van der Waals surface area contributed by atoms with E-state index >= 15 is 0 Å². The zero-order valence-electron chi connectivity index (χ0n) is 16.8. The van der Waals surface area contributed by atoms with Gasteiger partial charge in [0.2, 0.25) is 10.0 Å². The second-order valence-electron chi connectivity index (χ2n) is 7.55. The molecule has 154 valence electrons. The first-order valence-corrected chi connectivity index (χ1v) is 11.8. The maximum atomic E-state index is 13.2. The molecule has 0 unspecified atom stereocenters. The van der Waals surface area contributed by atoms with Crippen molar-refractivity contribution in [2.45, 2.75) is 32.2 Å². The molecule has 1 saturated heterocycles. The van der Waals surface area contributed by atoms with Gasteiger partial charge in [0.25, 0.3) is 5.56 Å². The maximum Gasteiger partial charge on any atom is 0.258 e. The Morgan fingerprint density at radius 3 is 2.34 bits per heavy atom. The van der Waals surface area contributed by atoms with E-state index in [0.717, 1.165) is 22.4 Å². The van der Waals surface area contributed by atoms with Gasteiger partial charge in [0.05, 0.1) is 10.6 Å². The number of nitrogens with zero attached hydrogens (tertiary/aromatic N) is 4. The monoisotopic (exact) mass is 432 g/mol. The lowest BCUT2D eigenvalue weighted by atomic mass is 10.1. The fourth-order valence-electron chi connectivity index (χ4n) is 4.03. The Morgan fingerprint density at radius 2 is 1.69 bits per heavy atom. The van der Waals surface area contributed by atoms with Gasteiger partial charge in [-0.2, -0.15) is 4.31 Å². The number of thiazole rings is 1. The van der Waals surface area contributed by atoms with Crippen LogP contribution in [0.2, 0.25) is 0 Å². The molecular weight excluding hydrogens is 408 g/mol. The highest BCUT2D eigenvalue weighted by molar-refractivity contribution is 7.89. The number of rotatable bonds is 4. The van der Waals surface area contributed by atoms with Crippen molar-refractivity contribution in [3.63, 3.8) is 0 Å². The van der Waals surface area contributed by atoms with Gasteiger partial charge in [0.15, 0.2) is 4.96 Å². The van der Waals surface area contributed by atoms with Crippen LogP contribution in [0, 0.1) is 20.8 Å². The van der Waals surface area contributed by atoms with Crippen molar-refractivity contribution in [2.75, 3.05) is 26.2 Å². The smallest absolute Gasteiger partial charge is 0.258 e. The van der Waals surface area contributed by atoms with Gasteiger partial charge < -0.3 is 0 Å². The van der Waals surface area contributed by atoms with Crippen molar-refractivity contribution in [3.05, 3.63) is 62.5 Å². The van der Waals surface area contributed by atoms with Crippen LogP contribution in [-0.2, 0) is 16.6 Å². The van der Waals surface area contributed by atoms with Crippen LogP contribution in [0.5, 0.6) is 0 Å². The summed E-state index contributed by atoms with van der Waals surface area (Å²) in [6, 6.07) is 5.39. The lowest BCUT2D eigenvalue weighted by Crippen LogP contribution is -2.48. The van der Waals surface area contributed by atoms with Gasteiger partial charge in [-0.25, -0.2) is 13.4 Å². The summed E-state index contributed by atoms with van der Waals surface area (Å²) >= 11 is 1.43. The Labute approximate surface area is 174 Å². The number of aryl methyl sites for hydroxylation is 3. The largest absolute Gasteiger partial charge is 0.295 e. The van der Waals surface area contributed by atoms with Crippen LogP contribution in [0.1, 0.15) is 22.4 Å². The normalized spacial score (nSPS) is 16.5. The molecule has 0 N–H and O–H groups in total. The van der Waals surface area contributed by atoms with Gasteiger partial charge in [0.1, 0.15) is 0 Å². The lowest BCUT2D eigenvalue weighted by molar-refractivity contribution is 0.180. The molecule has 3 aromatic rings. The molecule has 1 aromatic carbocycles. The second-order valence-corrected chi connectivity index (χ2v) is 10.3. The van der Waals surface area contributed by atoms with E-state index in [1.54, 1.807) is 16.6 Å². The fourth-order valence-corrected chi connectivity index (χ4v) is 6.60. The van der Waals surface area contributed by atoms with Crippen molar-refractivity contribution in [3.8, 4) is 0 Å². The third kappa shape index (κ3) is 3.87. The number of hydrogen-bond donors (Lipinski definition) is 0. The number of sulfonamides is 1. The van der Waals surface area contributed by atoms with Gasteiger partial charge in [-0.15, -0.1) is 11.3 Å². The number of aromatic nitrogens is 2. The van der Waals surface area contributed by atoms with Gasteiger partial charge in [-0.05, 0) is 31.9 Å². The third-order valence-electron chi connectivity index (χ3n) is 5.28. The van der Waals surface area contributed by atoms with Crippen molar-refractivity contribution in [2.24, 2.45) is 0 Å². The van der Waals surface area contributed by atoms with Crippen molar-refractivity contribution < 1.29 is 8.42 Å². The van der Waals surface area contributed by atoms with Crippen molar-refractivity contribution in [1.82, 2.24) is 18.6 Å². The molecule has 9 heteroatoms. The molecule has 0 amide bonds. The Morgan fingerprint density at radius 1 is 1.03 bits per heavy atom. The first-order chi connectivity index (χ1) is 13.8. The van der Waals surface area contributed by atoms with E-state index < -0.39 is 10.0 Å². The van der Waals surface area contributed by atoms with Crippen LogP contribution in [0.4, 0.5) is 0 Å². The van der Waals surface area contributed by atoms with Crippen LogP contribution in [0.3, 0.4) is 0 Å². The predicted molar refractivity (Wildman–Crippen MR) is 114 cm³/mol. The number of piperazine rings is 1. The minimum absolute atomic E-state index is 0.0854. The van der Waals surface area contributed by atoms with Crippen LogP contribution >= 0.6 is 11.3 Å². The molecule has 0 bridgehead atoms. The van der Waals surface area contributed by atoms with E-state index in [-0.39, 0.29) is 5.56 Å². The van der Waals surface area contributed by atoms with Crippen LogP contribution in [-0.4, -0.2) is 53.2 Å². The van der Waals surface area contributed by atoms with Crippen molar-refractivity contribution in [1.29, 1.82) is 0 Å².